The first kappa shape index (κ1) is 14.6. The van der Waals surface area contributed by atoms with E-state index in [1.807, 2.05) is 6.92 Å². The van der Waals surface area contributed by atoms with E-state index < -0.39 is 10.0 Å². The molecule has 1 N–H and O–H groups in total. The van der Waals surface area contributed by atoms with Crippen LogP contribution in [-0.2, 0) is 10.0 Å². The molecule has 0 radical (unpaired) electrons. The SMILES string of the molecule is Cc1cnc(C(C)NS(=O)(=O)c2cccc(Br)c2)s1. The van der Waals surface area contributed by atoms with E-state index in [0.29, 0.717) is 0 Å². The largest absolute Gasteiger partial charge is 0.248 e. The molecule has 0 saturated carbocycles. The Bertz CT molecular complexity index is 683. The van der Waals surface area contributed by atoms with Gasteiger partial charge in [-0.05, 0) is 32.0 Å². The third-order valence-electron chi connectivity index (χ3n) is 2.45. The second-order valence-corrected chi connectivity index (χ2v) is 8.01. The van der Waals surface area contributed by atoms with Crippen LogP contribution in [0, 0.1) is 6.92 Å². The standard InChI is InChI=1S/C12H13BrN2O2S2/c1-8-7-14-12(18-8)9(2)15-19(16,17)11-5-3-4-10(13)6-11/h3-7,9,15H,1-2H3. The van der Waals surface area contributed by atoms with E-state index >= 15 is 0 Å². The van der Waals surface area contributed by atoms with Crippen LogP contribution in [-0.4, -0.2) is 13.4 Å². The molecule has 2 rings (SSSR count). The lowest BCUT2D eigenvalue weighted by atomic mass is 10.4. The van der Waals surface area contributed by atoms with Gasteiger partial charge in [-0.3, -0.25) is 0 Å². The molecule has 0 saturated heterocycles. The second kappa shape index (κ2) is 5.70. The molecule has 0 spiro atoms. The Kier molecular flexibility index (Phi) is 4.39. The predicted molar refractivity (Wildman–Crippen MR) is 79.7 cm³/mol. The number of thiazole rings is 1. The maximum absolute atomic E-state index is 12.2. The fourth-order valence-electron chi connectivity index (χ4n) is 1.56. The summed E-state index contributed by atoms with van der Waals surface area (Å²) in [5.74, 6) is 0. The van der Waals surface area contributed by atoms with E-state index in [1.54, 1.807) is 37.4 Å². The highest BCUT2D eigenvalue weighted by Gasteiger charge is 2.20. The van der Waals surface area contributed by atoms with Gasteiger partial charge >= 0.3 is 0 Å². The quantitative estimate of drug-likeness (QED) is 0.910. The molecule has 0 amide bonds. The van der Waals surface area contributed by atoms with Crippen molar-refractivity contribution in [3.8, 4) is 0 Å². The molecular weight excluding hydrogens is 348 g/mol. The van der Waals surface area contributed by atoms with Crippen LogP contribution < -0.4 is 4.72 Å². The first-order valence-corrected chi connectivity index (χ1v) is 8.68. The van der Waals surface area contributed by atoms with Gasteiger partial charge < -0.3 is 0 Å². The Morgan fingerprint density at radius 3 is 2.74 bits per heavy atom. The van der Waals surface area contributed by atoms with E-state index in [-0.39, 0.29) is 10.9 Å². The smallest absolute Gasteiger partial charge is 0.241 e. The third-order valence-corrected chi connectivity index (χ3v) is 5.58. The maximum atomic E-state index is 12.2. The van der Waals surface area contributed by atoms with Crippen molar-refractivity contribution in [3.63, 3.8) is 0 Å². The molecule has 1 unspecified atom stereocenters. The molecule has 4 nitrogen and oxygen atoms in total. The van der Waals surface area contributed by atoms with Crippen molar-refractivity contribution < 1.29 is 8.42 Å². The Morgan fingerprint density at radius 2 is 2.16 bits per heavy atom. The normalized spacial score (nSPS) is 13.4. The van der Waals surface area contributed by atoms with Crippen LogP contribution >= 0.6 is 27.3 Å². The molecular formula is C12H13BrN2O2S2. The van der Waals surface area contributed by atoms with E-state index in [1.165, 1.54) is 11.3 Å². The number of halogens is 1. The summed E-state index contributed by atoms with van der Waals surface area (Å²) < 4.78 is 27.8. The summed E-state index contributed by atoms with van der Waals surface area (Å²) in [6.45, 7) is 3.73. The van der Waals surface area contributed by atoms with Gasteiger partial charge in [0.1, 0.15) is 5.01 Å². The minimum Gasteiger partial charge on any atom is -0.248 e. The number of hydrogen-bond acceptors (Lipinski definition) is 4. The average Bonchev–Trinajstić information content (AvgIpc) is 2.75. The van der Waals surface area contributed by atoms with Gasteiger partial charge in [-0.1, -0.05) is 22.0 Å². The number of aryl methyl sites for hydroxylation is 1. The summed E-state index contributed by atoms with van der Waals surface area (Å²) in [6.07, 6.45) is 1.74. The lowest BCUT2D eigenvalue weighted by molar-refractivity contribution is 0.566. The fourth-order valence-corrected chi connectivity index (χ4v) is 4.21. The van der Waals surface area contributed by atoms with Gasteiger partial charge in [-0.25, -0.2) is 18.1 Å². The zero-order chi connectivity index (χ0) is 14.0. The molecule has 1 atom stereocenters. The number of nitrogens with one attached hydrogen (secondary N) is 1. The molecule has 1 aromatic heterocycles. The van der Waals surface area contributed by atoms with Crippen LogP contribution in [0.15, 0.2) is 39.8 Å². The maximum Gasteiger partial charge on any atom is 0.241 e. The molecule has 0 aliphatic carbocycles. The van der Waals surface area contributed by atoms with Crippen molar-refractivity contribution in [2.24, 2.45) is 0 Å². The van der Waals surface area contributed by atoms with Crippen LogP contribution in [0.1, 0.15) is 22.9 Å². The van der Waals surface area contributed by atoms with E-state index in [0.717, 1.165) is 14.4 Å². The number of nitrogens with zero attached hydrogens (tertiary/aromatic N) is 1. The second-order valence-electron chi connectivity index (χ2n) is 4.11. The van der Waals surface area contributed by atoms with Crippen LogP contribution in [0.5, 0.6) is 0 Å². The lowest BCUT2D eigenvalue weighted by Crippen LogP contribution is -2.26. The monoisotopic (exact) mass is 360 g/mol. The molecule has 0 bridgehead atoms. The Hall–Kier alpha value is -0.760. The fraction of sp³-hybridized carbons (Fsp3) is 0.250. The summed E-state index contributed by atoms with van der Waals surface area (Å²) in [7, 11) is -3.53. The first-order valence-electron chi connectivity index (χ1n) is 5.59. The summed E-state index contributed by atoms with van der Waals surface area (Å²) in [6, 6.07) is 6.26. The van der Waals surface area contributed by atoms with Gasteiger partial charge in [0.2, 0.25) is 10.0 Å². The van der Waals surface area contributed by atoms with Gasteiger partial charge in [0.15, 0.2) is 0 Å². The van der Waals surface area contributed by atoms with E-state index in [2.05, 4.69) is 25.6 Å². The molecule has 102 valence electrons. The predicted octanol–water partition coefficient (Wildman–Crippen LogP) is 3.25. The van der Waals surface area contributed by atoms with Crippen molar-refractivity contribution >= 4 is 37.3 Å². The Morgan fingerprint density at radius 1 is 1.42 bits per heavy atom. The third kappa shape index (κ3) is 3.62. The lowest BCUT2D eigenvalue weighted by Gasteiger charge is -2.12. The minimum atomic E-state index is -3.53. The zero-order valence-corrected chi connectivity index (χ0v) is 13.6. The molecule has 1 aromatic carbocycles. The average molecular weight is 361 g/mol. The van der Waals surface area contributed by atoms with Crippen LogP contribution in [0.4, 0.5) is 0 Å². The van der Waals surface area contributed by atoms with E-state index in [9.17, 15) is 8.42 Å². The van der Waals surface area contributed by atoms with Crippen LogP contribution in [0.3, 0.4) is 0 Å². The summed E-state index contributed by atoms with van der Waals surface area (Å²) in [5.41, 5.74) is 0. The van der Waals surface area contributed by atoms with Crippen molar-refractivity contribution in [2.45, 2.75) is 24.8 Å². The molecule has 1 heterocycles. The number of benzene rings is 1. The minimum absolute atomic E-state index is 0.238. The molecule has 0 aliphatic rings. The number of sulfonamides is 1. The van der Waals surface area contributed by atoms with Crippen molar-refractivity contribution in [2.75, 3.05) is 0 Å². The highest BCUT2D eigenvalue weighted by atomic mass is 79.9. The number of rotatable bonds is 4. The van der Waals surface area contributed by atoms with Crippen molar-refractivity contribution in [3.05, 3.63) is 44.8 Å². The van der Waals surface area contributed by atoms with Gasteiger partial charge in [0.25, 0.3) is 0 Å². The molecule has 0 aliphatic heterocycles. The van der Waals surface area contributed by atoms with Crippen molar-refractivity contribution in [1.82, 2.24) is 9.71 Å². The number of hydrogen-bond donors (Lipinski definition) is 1. The number of aromatic nitrogens is 1. The molecule has 19 heavy (non-hydrogen) atoms. The van der Waals surface area contributed by atoms with Gasteiger partial charge in [0, 0.05) is 15.5 Å². The Balaban J connectivity index is 2.22. The topological polar surface area (TPSA) is 59.1 Å². The molecule has 2 aromatic rings. The Labute approximate surface area is 125 Å². The van der Waals surface area contributed by atoms with Gasteiger partial charge in [-0.2, -0.15) is 0 Å². The highest BCUT2D eigenvalue weighted by Crippen LogP contribution is 2.22. The van der Waals surface area contributed by atoms with Gasteiger partial charge in [0.05, 0.1) is 10.9 Å². The molecule has 7 heteroatoms. The highest BCUT2D eigenvalue weighted by molar-refractivity contribution is 9.10. The van der Waals surface area contributed by atoms with Crippen LogP contribution in [0.2, 0.25) is 0 Å². The van der Waals surface area contributed by atoms with Crippen molar-refractivity contribution in [1.29, 1.82) is 0 Å². The summed E-state index contributed by atoms with van der Waals surface area (Å²) in [5, 5.41) is 0.760. The van der Waals surface area contributed by atoms with Crippen LogP contribution in [0.25, 0.3) is 0 Å². The van der Waals surface area contributed by atoms with Gasteiger partial charge in [-0.15, -0.1) is 11.3 Å². The summed E-state index contributed by atoms with van der Waals surface area (Å²) in [4.78, 5) is 5.49. The zero-order valence-electron chi connectivity index (χ0n) is 10.4. The summed E-state index contributed by atoms with van der Waals surface area (Å²) >= 11 is 4.75. The van der Waals surface area contributed by atoms with E-state index in [4.69, 9.17) is 0 Å². The molecule has 0 fully saturated rings. The first-order chi connectivity index (χ1) is 8.88.